The maximum absolute atomic E-state index is 12.7. The Bertz CT molecular complexity index is 1100. The Morgan fingerprint density at radius 3 is 2.28 bits per heavy atom. The van der Waals surface area contributed by atoms with Gasteiger partial charge in [0.1, 0.15) is 6.04 Å². The van der Waals surface area contributed by atoms with E-state index in [0.717, 1.165) is 5.56 Å². The lowest BCUT2D eigenvalue weighted by Gasteiger charge is -2.20. The van der Waals surface area contributed by atoms with Crippen LogP contribution in [0.2, 0.25) is 0 Å². The second kappa shape index (κ2) is 10.9. The van der Waals surface area contributed by atoms with Crippen LogP contribution < -0.4 is 19.6 Å². The molecule has 0 aliphatic rings. The predicted octanol–water partition coefficient (Wildman–Crippen LogP) is 2.38. The van der Waals surface area contributed by atoms with E-state index >= 15 is 0 Å². The standard InChI is InChI=1S/C22H27N3O6S/c1-14(2)21(25-32(28,29)18-9-6-15(3)7-10-18)22(27)24-23-13-17-8-11-19(31-16(4)26)20(12-17)30-5/h6-14,21,25H,1-5H3,(H,24,27)/b23-13-/t21-/m0/s1. The second-order valence-corrected chi connectivity index (χ2v) is 9.11. The Balaban J connectivity index is 2.11. The maximum atomic E-state index is 12.7. The van der Waals surface area contributed by atoms with Crippen molar-refractivity contribution >= 4 is 28.1 Å². The third-order valence-electron chi connectivity index (χ3n) is 4.39. The van der Waals surface area contributed by atoms with Gasteiger partial charge in [0.2, 0.25) is 10.0 Å². The Labute approximate surface area is 187 Å². The van der Waals surface area contributed by atoms with Crippen molar-refractivity contribution in [1.29, 1.82) is 0 Å². The number of rotatable bonds is 9. The minimum atomic E-state index is -3.89. The van der Waals surface area contributed by atoms with Crippen molar-refractivity contribution in [2.24, 2.45) is 11.0 Å². The fraction of sp³-hybridized carbons (Fsp3) is 0.318. The van der Waals surface area contributed by atoms with Gasteiger partial charge in [-0.1, -0.05) is 31.5 Å². The van der Waals surface area contributed by atoms with Crippen molar-refractivity contribution in [3.8, 4) is 11.5 Å². The molecule has 0 fully saturated rings. The second-order valence-electron chi connectivity index (χ2n) is 7.39. The van der Waals surface area contributed by atoms with Crippen LogP contribution in [-0.4, -0.2) is 39.7 Å². The van der Waals surface area contributed by atoms with E-state index in [9.17, 15) is 18.0 Å². The summed E-state index contributed by atoms with van der Waals surface area (Å²) in [4.78, 5) is 23.8. The summed E-state index contributed by atoms with van der Waals surface area (Å²) < 4.78 is 38.0. The Hall–Kier alpha value is -3.24. The first kappa shape index (κ1) is 25.0. The summed E-state index contributed by atoms with van der Waals surface area (Å²) >= 11 is 0. The topological polar surface area (TPSA) is 123 Å². The molecule has 1 amide bonds. The number of methoxy groups -OCH3 is 1. The molecule has 172 valence electrons. The highest BCUT2D eigenvalue weighted by Gasteiger charge is 2.28. The first-order valence-electron chi connectivity index (χ1n) is 9.82. The summed E-state index contributed by atoms with van der Waals surface area (Å²) in [5.74, 6) is -0.832. The highest BCUT2D eigenvalue weighted by atomic mass is 32.2. The monoisotopic (exact) mass is 461 g/mol. The molecule has 0 aromatic heterocycles. The molecule has 9 nitrogen and oxygen atoms in total. The molecule has 0 heterocycles. The van der Waals surface area contributed by atoms with Gasteiger partial charge >= 0.3 is 5.97 Å². The summed E-state index contributed by atoms with van der Waals surface area (Å²) in [7, 11) is -2.46. The van der Waals surface area contributed by atoms with Gasteiger partial charge < -0.3 is 9.47 Å². The van der Waals surface area contributed by atoms with Crippen LogP contribution in [0.4, 0.5) is 0 Å². The van der Waals surface area contributed by atoms with Crippen molar-refractivity contribution in [3.05, 3.63) is 53.6 Å². The van der Waals surface area contributed by atoms with Gasteiger partial charge in [0.25, 0.3) is 5.91 Å². The van der Waals surface area contributed by atoms with E-state index < -0.39 is 27.9 Å². The molecule has 2 rings (SSSR count). The molecule has 0 saturated heterocycles. The number of hydrogen-bond donors (Lipinski definition) is 2. The molecule has 10 heteroatoms. The molecule has 0 unspecified atom stereocenters. The number of carbonyl (C=O) groups excluding carboxylic acids is 2. The number of benzene rings is 2. The number of aryl methyl sites for hydroxylation is 1. The molecular formula is C22H27N3O6S. The van der Waals surface area contributed by atoms with E-state index in [1.165, 1.54) is 38.4 Å². The third kappa shape index (κ3) is 6.89. The molecule has 0 aliphatic heterocycles. The number of amides is 1. The maximum Gasteiger partial charge on any atom is 0.308 e. The SMILES string of the molecule is COc1cc(/C=N\NC(=O)[C@@H](NS(=O)(=O)c2ccc(C)cc2)C(C)C)ccc1OC(C)=O. The van der Waals surface area contributed by atoms with Crippen LogP contribution in [0, 0.1) is 12.8 Å². The van der Waals surface area contributed by atoms with Gasteiger partial charge in [-0.15, -0.1) is 0 Å². The van der Waals surface area contributed by atoms with Crippen molar-refractivity contribution in [3.63, 3.8) is 0 Å². The molecule has 0 aliphatic carbocycles. The van der Waals surface area contributed by atoms with Crippen LogP contribution in [0.25, 0.3) is 0 Å². The van der Waals surface area contributed by atoms with Gasteiger partial charge in [0.15, 0.2) is 11.5 Å². The molecule has 2 aromatic carbocycles. The molecule has 0 saturated carbocycles. The van der Waals surface area contributed by atoms with Gasteiger partial charge in [0.05, 0.1) is 18.2 Å². The van der Waals surface area contributed by atoms with Gasteiger partial charge in [-0.05, 0) is 48.7 Å². The number of carbonyl (C=O) groups is 2. The first-order chi connectivity index (χ1) is 15.0. The molecule has 0 radical (unpaired) electrons. The molecule has 0 spiro atoms. The lowest BCUT2D eigenvalue weighted by molar-refractivity contribution is -0.132. The molecule has 1 atom stereocenters. The highest BCUT2D eigenvalue weighted by molar-refractivity contribution is 7.89. The minimum absolute atomic E-state index is 0.0741. The summed E-state index contributed by atoms with van der Waals surface area (Å²) in [5.41, 5.74) is 3.85. The van der Waals surface area contributed by atoms with E-state index in [0.29, 0.717) is 11.3 Å². The summed E-state index contributed by atoms with van der Waals surface area (Å²) in [6.45, 7) is 6.59. The molecule has 2 aromatic rings. The number of hydrogen-bond acceptors (Lipinski definition) is 7. The highest BCUT2D eigenvalue weighted by Crippen LogP contribution is 2.27. The van der Waals surface area contributed by atoms with Crippen LogP contribution in [0.1, 0.15) is 31.9 Å². The summed E-state index contributed by atoms with van der Waals surface area (Å²) in [6, 6.07) is 10.0. The normalized spacial score (nSPS) is 12.6. The van der Waals surface area contributed by atoms with Crippen LogP contribution in [0.3, 0.4) is 0 Å². The summed E-state index contributed by atoms with van der Waals surface area (Å²) in [5, 5.41) is 3.90. The first-order valence-corrected chi connectivity index (χ1v) is 11.3. The number of sulfonamides is 1. The van der Waals surface area contributed by atoms with Gasteiger partial charge in [0, 0.05) is 6.92 Å². The average Bonchev–Trinajstić information content (AvgIpc) is 2.72. The van der Waals surface area contributed by atoms with E-state index in [-0.39, 0.29) is 16.6 Å². The van der Waals surface area contributed by atoms with E-state index in [1.807, 2.05) is 6.92 Å². The van der Waals surface area contributed by atoms with E-state index in [2.05, 4.69) is 15.2 Å². The zero-order valence-electron chi connectivity index (χ0n) is 18.6. The molecule has 32 heavy (non-hydrogen) atoms. The predicted molar refractivity (Wildman–Crippen MR) is 120 cm³/mol. The fourth-order valence-corrected chi connectivity index (χ4v) is 4.03. The number of nitrogens with one attached hydrogen (secondary N) is 2. The van der Waals surface area contributed by atoms with Gasteiger partial charge in [-0.3, -0.25) is 9.59 Å². The quantitative estimate of drug-likeness (QED) is 0.256. The minimum Gasteiger partial charge on any atom is -0.493 e. The molecular weight excluding hydrogens is 434 g/mol. The largest absolute Gasteiger partial charge is 0.493 e. The van der Waals surface area contributed by atoms with Crippen LogP contribution in [-0.2, 0) is 19.6 Å². The zero-order chi connectivity index (χ0) is 23.9. The van der Waals surface area contributed by atoms with Crippen LogP contribution >= 0.6 is 0 Å². The van der Waals surface area contributed by atoms with Crippen molar-refractivity contribution < 1.29 is 27.5 Å². The van der Waals surface area contributed by atoms with Crippen LogP contribution in [0.15, 0.2) is 52.5 Å². The number of hydrazone groups is 1. The van der Waals surface area contributed by atoms with Crippen LogP contribution in [0.5, 0.6) is 11.5 Å². The van der Waals surface area contributed by atoms with E-state index in [1.54, 1.807) is 38.1 Å². The van der Waals surface area contributed by atoms with E-state index in [4.69, 9.17) is 9.47 Å². The fourth-order valence-electron chi connectivity index (χ4n) is 2.69. The third-order valence-corrected chi connectivity index (χ3v) is 5.85. The van der Waals surface area contributed by atoms with Gasteiger partial charge in [-0.25, -0.2) is 13.8 Å². The zero-order valence-corrected chi connectivity index (χ0v) is 19.4. The Morgan fingerprint density at radius 1 is 1.06 bits per heavy atom. The van der Waals surface area contributed by atoms with Crippen molar-refractivity contribution in [1.82, 2.24) is 10.1 Å². The number of esters is 1. The Morgan fingerprint density at radius 2 is 1.72 bits per heavy atom. The Kier molecular flexibility index (Phi) is 8.50. The lowest BCUT2D eigenvalue weighted by Crippen LogP contribution is -2.48. The van der Waals surface area contributed by atoms with Crippen molar-refractivity contribution in [2.75, 3.05) is 7.11 Å². The van der Waals surface area contributed by atoms with Crippen molar-refractivity contribution in [2.45, 2.75) is 38.6 Å². The average molecular weight is 462 g/mol. The number of nitrogens with zero attached hydrogens (tertiary/aromatic N) is 1. The molecule has 2 N–H and O–H groups in total. The number of ether oxygens (including phenoxy) is 2. The smallest absolute Gasteiger partial charge is 0.308 e. The van der Waals surface area contributed by atoms with Gasteiger partial charge in [-0.2, -0.15) is 9.82 Å². The summed E-state index contributed by atoms with van der Waals surface area (Å²) in [6.07, 6.45) is 1.36. The molecule has 0 bridgehead atoms. The lowest BCUT2D eigenvalue weighted by atomic mass is 10.1.